The predicted octanol–water partition coefficient (Wildman–Crippen LogP) is 5.45. The molecule has 184 valence electrons. The Hall–Kier alpha value is -2.73. The number of rotatable bonds is 9. The van der Waals surface area contributed by atoms with Gasteiger partial charge in [-0.2, -0.15) is 0 Å². The van der Waals surface area contributed by atoms with Crippen LogP contribution in [0.1, 0.15) is 48.8 Å². The molecule has 6 heteroatoms. The van der Waals surface area contributed by atoms with Crippen molar-refractivity contribution in [1.29, 1.82) is 0 Å². The maximum Gasteiger partial charge on any atom is 0.206 e. The highest BCUT2D eigenvalue weighted by atomic mass is 16.5. The van der Waals surface area contributed by atoms with Gasteiger partial charge in [0.15, 0.2) is 0 Å². The molecule has 1 aromatic heterocycles. The van der Waals surface area contributed by atoms with Crippen molar-refractivity contribution in [2.75, 3.05) is 44.7 Å². The number of imidazole rings is 1. The molecule has 0 amide bonds. The van der Waals surface area contributed by atoms with Crippen LogP contribution in [0, 0.1) is 20.8 Å². The first kappa shape index (κ1) is 24.4. The van der Waals surface area contributed by atoms with Gasteiger partial charge in [0, 0.05) is 26.2 Å². The fraction of sp³-hybridized carbons (Fsp3) is 0.536. The Morgan fingerprint density at radius 3 is 2.59 bits per heavy atom. The highest BCUT2D eigenvalue weighted by Crippen LogP contribution is 2.32. The Morgan fingerprint density at radius 2 is 1.74 bits per heavy atom. The molecule has 1 aliphatic rings. The van der Waals surface area contributed by atoms with Gasteiger partial charge in [0.05, 0.1) is 17.6 Å². The second kappa shape index (κ2) is 11.1. The first-order chi connectivity index (χ1) is 16.5. The number of aromatic hydroxyl groups is 1. The SMILES string of the molecule is Cc1cc(OCCCCCCn2c(N3CCCN(C)CC3)nc3ccccc32)c(C)c(C)c1O. The number of anilines is 1. The Bertz CT molecular complexity index is 1110. The van der Waals surface area contributed by atoms with Crippen LogP contribution < -0.4 is 9.64 Å². The van der Waals surface area contributed by atoms with Crippen LogP contribution in [0.15, 0.2) is 30.3 Å². The molecule has 2 heterocycles. The maximum absolute atomic E-state index is 10.1. The van der Waals surface area contributed by atoms with Gasteiger partial charge in [0.1, 0.15) is 11.5 Å². The molecule has 34 heavy (non-hydrogen) atoms. The third kappa shape index (κ3) is 5.49. The number of aryl methyl sites for hydroxylation is 2. The Morgan fingerprint density at radius 1 is 0.941 bits per heavy atom. The molecule has 1 saturated heterocycles. The molecule has 1 N–H and O–H groups in total. The van der Waals surface area contributed by atoms with E-state index in [0.717, 1.165) is 85.9 Å². The number of hydrogen-bond donors (Lipinski definition) is 1. The lowest BCUT2D eigenvalue weighted by molar-refractivity contribution is 0.301. The summed E-state index contributed by atoms with van der Waals surface area (Å²) in [6, 6.07) is 10.5. The molecule has 0 spiro atoms. The second-order valence-electron chi connectivity index (χ2n) is 9.75. The average Bonchev–Trinajstić information content (AvgIpc) is 3.06. The number of para-hydroxylation sites is 2. The van der Waals surface area contributed by atoms with Crippen molar-refractivity contribution >= 4 is 17.0 Å². The fourth-order valence-electron chi connectivity index (χ4n) is 4.86. The maximum atomic E-state index is 10.1. The first-order valence-electron chi connectivity index (χ1n) is 12.8. The summed E-state index contributed by atoms with van der Waals surface area (Å²) in [6.07, 6.45) is 5.67. The molecule has 0 unspecified atom stereocenters. The normalized spacial score (nSPS) is 15.1. The summed E-state index contributed by atoms with van der Waals surface area (Å²) in [6.45, 7) is 11.9. The van der Waals surface area contributed by atoms with Gasteiger partial charge in [-0.05, 0) is 88.5 Å². The van der Waals surface area contributed by atoms with E-state index in [1.807, 2.05) is 26.8 Å². The van der Waals surface area contributed by atoms with E-state index in [-0.39, 0.29) is 0 Å². The van der Waals surface area contributed by atoms with E-state index in [1.54, 1.807) is 0 Å². The molecule has 0 radical (unpaired) electrons. The Labute approximate surface area is 204 Å². The summed E-state index contributed by atoms with van der Waals surface area (Å²) in [5, 5.41) is 10.1. The molecular weight excluding hydrogens is 424 g/mol. The third-order valence-corrected chi connectivity index (χ3v) is 7.18. The summed E-state index contributed by atoms with van der Waals surface area (Å²) in [4.78, 5) is 9.91. The molecule has 6 nitrogen and oxygen atoms in total. The van der Waals surface area contributed by atoms with Crippen LogP contribution in [-0.2, 0) is 6.54 Å². The van der Waals surface area contributed by atoms with E-state index in [4.69, 9.17) is 9.72 Å². The minimum atomic E-state index is 0.378. The summed E-state index contributed by atoms with van der Waals surface area (Å²) in [5.74, 6) is 2.40. The number of benzene rings is 2. The number of fused-ring (bicyclic) bond motifs is 1. The predicted molar refractivity (Wildman–Crippen MR) is 140 cm³/mol. The van der Waals surface area contributed by atoms with Crippen LogP contribution in [0.4, 0.5) is 5.95 Å². The lowest BCUT2D eigenvalue weighted by Crippen LogP contribution is -2.31. The van der Waals surface area contributed by atoms with Gasteiger partial charge < -0.3 is 24.2 Å². The average molecular weight is 465 g/mol. The zero-order valence-corrected chi connectivity index (χ0v) is 21.3. The zero-order valence-electron chi connectivity index (χ0n) is 21.3. The van der Waals surface area contributed by atoms with Crippen LogP contribution in [0.3, 0.4) is 0 Å². The van der Waals surface area contributed by atoms with Gasteiger partial charge >= 0.3 is 0 Å². The van der Waals surface area contributed by atoms with Crippen molar-refractivity contribution in [2.45, 2.75) is 59.4 Å². The van der Waals surface area contributed by atoms with Gasteiger partial charge in [0.25, 0.3) is 0 Å². The fourth-order valence-corrected chi connectivity index (χ4v) is 4.86. The third-order valence-electron chi connectivity index (χ3n) is 7.18. The van der Waals surface area contributed by atoms with E-state index in [1.165, 1.54) is 18.4 Å². The van der Waals surface area contributed by atoms with Crippen LogP contribution in [0.5, 0.6) is 11.5 Å². The molecule has 4 rings (SSSR count). The van der Waals surface area contributed by atoms with Crippen LogP contribution in [-0.4, -0.2) is 59.4 Å². The Kier molecular flexibility index (Phi) is 7.99. The van der Waals surface area contributed by atoms with Crippen LogP contribution in [0.25, 0.3) is 11.0 Å². The van der Waals surface area contributed by atoms with Gasteiger partial charge in [-0.3, -0.25) is 0 Å². The van der Waals surface area contributed by atoms with Crippen LogP contribution >= 0.6 is 0 Å². The second-order valence-corrected chi connectivity index (χ2v) is 9.75. The number of phenolic OH excluding ortho intramolecular Hbond substituents is 1. The van der Waals surface area contributed by atoms with Crippen molar-refractivity contribution in [3.63, 3.8) is 0 Å². The number of phenols is 1. The van der Waals surface area contributed by atoms with E-state index in [0.29, 0.717) is 12.4 Å². The summed E-state index contributed by atoms with van der Waals surface area (Å²) in [5.41, 5.74) is 5.15. The highest BCUT2D eigenvalue weighted by molar-refractivity contribution is 5.78. The monoisotopic (exact) mass is 464 g/mol. The smallest absolute Gasteiger partial charge is 0.206 e. The summed E-state index contributed by atoms with van der Waals surface area (Å²) < 4.78 is 8.48. The minimum absolute atomic E-state index is 0.378. The molecule has 1 aliphatic heterocycles. The van der Waals surface area contributed by atoms with Gasteiger partial charge in [-0.1, -0.05) is 25.0 Å². The Balaban J connectivity index is 1.30. The van der Waals surface area contributed by atoms with E-state index < -0.39 is 0 Å². The number of ether oxygens (including phenoxy) is 1. The zero-order chi connectivity index (χ0) is 24.1. The number of unbranched alkanes of at least 4 members (excludes halogenated alkanes) is 3. The van der Waals surface area contributed by atoms with Gasteiger partial charge in [0.2, 0.25) is 5.95 Å². The highest BCUT2D eigenvalue weighted by Gasteiger charge is 2.19. The van der Waals surface area contributed by atoms with E-state index in [9.17, 15) is 5.11 Å². The molecular formula is C28H40N4O2. The molecule has 2 aromatic carbocycles. The number of aromatic nitrogens is 2. The van der Waals surface area contributed by atoms with Gasteiger partial charge in [-0.25, -0.2) is 4.98 Å². The number of nitrogens with zero attached hydrogens (tertiary/aromatic N) is 4. The van der Waals surface area contributed by atoms with Crippen molar-refractivity contribution in [1.82, 2.24) is 14.5 Å². The minimum Gasteiger partial charge on any atom is -0.507 e. The van der Waals surface area contributed by atoms with Crippen molar-refractivity contribution in [3.8, 4) is 11.5 Å². The van der Waals surface area contributed by atoms with Crippen molar-refractivity contribution in [2.24, 2.45) is 0 Å². The lowest BCUT2D eigenvalue weighted by Gasteiger charge is -2.23. The molecule has 0 atom stereocenters. The summed E-state index contributed by atoms with van der Waals surface area (Å²) >= 11 is 0. The van der Waals surface area contributed by atoms with Gasteiger partial charge in [-0.15, -0.1) is 0 Å². The van der Waals surface area contributed by atoms with Crippen molar-refractivity contribution < 1.29 is 9.84 Å². The molecule has 0 saturated carbocycles. The van der Waals surface area contributed by atoms with E-state index >= 15 is 0 Å². The molecule has 0 aliphatic carbocycles. The quantitative estimate of drug-likeness (QED) is 0.427. The number of likely N-dealkylation sites (N-methyl/N-ethyl adjacent to an activating group) is 1. The van der Waals surface area contributed by atoms with E-state index in [2.05, 4.69) is 45.7 Å². The van der Waals surface area contributed by atoms with Crippen molar-refractivity contribution in [3.05, 3.63) is 47.0 Å². The molecule has 3 aromatic rings. The van der Waals surface area contributed by atoms with Crippen LogP contribution in [0.2, 0.25) is 0 Å². The molecule has 0 bridgehead atoms. The summed E-state index contributed by atoms with van der Waals surface area (Å²) in [7, 11) is 2.21. The number of hydrogen-bond acceptors (Lipinski definition) is 5. The largest absolute Gasteiger partial charge is 0.507 e. The standard InChI is InChI=1S/C28H40N4O2/c1-21-20-26(22(2)23(3)27(21)33)34-19-10-6-5-9-16-32-25-13-8-7-12-24(25)29-28(32)31-15-11-14-30(4)17-18-31/h7-8,12-13,20,33H,5-6,9-11,14-19H2,1-4H3. The lowest BCUT2D eigenvalue weighted by atomic mass is 10.0. The first-order valence-corrected chi connectivity index (χ1v) is 12.8. The topological polar surface area (TPSA) is 53.8 Å². The molecule has 1 fully saturated rings.